The highest BCUT2D eigenvalue weighted by atomic mass is 19.4. The Morgan fingerprint density at radius 3 is 2.50 bits per heavy atom. The summed E-state index contributed by atoms with van der Waals surface area (Å²) in [6.07, 6.45) is -4.28. The summed E-state index contributed by atoms with van der Waals surface area (Å²) >= 11 is 0. The van der Waals surface area contributed by atoms with E-state index in [9.17, 15) is 18.0 Å². The zero-order chi connectivity index (χ0) is 17.6. The van der Waals surface area contributed by atoms with Gasteiger partial charge in [0.15, 0.2) is 0 Å². The number of ether oxygens (including phenoxy) is 1. The molecule has 0 radical (unpaired) electrons. The van der Waals surface area contributed by atoms with Crippen LogP contribution in [-0.2, 0) is 11.0 Å². The van der Waals surface area contributed by atoms with Crippen LogP contribution in [0.5, 0.6) is 5.75 Å². The third-order valence-electron chi connectivity index (χ3n) is 3.43. The summed E-state index contributed by atoms with van der Waals surface area (Å²) in [5.74, 6) is 0.382. The smallest absolute Gasteiger partial charge is 0.416 e. The molecule has 24 heavy (non-hydrogen) atoms. The number of carbonyl (C=O) groups is 1. The molecule has 2 rings (SSSR count). The number of para-hydroxylation sites is 1. The molecular formula is C18H18F3NO2. The van der Waals surface area contributed by atoms with Crippen molar-refractivity contribution in [3.8, 4) is 5.75 Å². The Morgan fingerprint density at radius 2 is 1.83 bits per heavy atom. The first-order chi connectivity index (χ1) is 11.4. The first-order valence-corrected chi connectivity index (χ1v) is 7.50. The number of amides is 1. The second-order valence-electron chi connectivity index (χ2n) is 5.32. The van der Waals surface area contributed by atoms with E-state index in [0.29, 0.717) is 11.3 Å². The molecule has 6 heteroatoms. The number of carbonyl (C=O) groups excluding carboxylic acids is 1. The van der Waals surface area contributed by atoms with Crippen molar-refractivity contribution in [3.05, 3.63) is 65.7 Å². The Morgan fingerprint density at radius 1 is 1.12 bits per heavy atom. The monoisotopic (exact) mass is 337 g/mol. The molecule has 0 saturated carbocycles. The molecule has 0 saturated heterocycles. The number of hydrogen-bond acceptors (Lipinski definition) is 2. The molecule has 0 aromatic heterocycles. The van der Waals surface area contributed by atoms with Crippen LogP contribution in [0.1, 0.15) is 30.5 Å². The topological polar surface area (TPSA) is 38.3 Å². The molecule has 0 fully saturated rings. The summed E-state index contributed by atoms with van der Waals surface area (Å²) in [5.41, 5.74) is -0.323. The summed E-state index contributed by atoms with van der Waals surface area (Å²) in [4.78, 5) is 11.9. The van der Waals surface area contributed by atoms with Gasteiger partial charge in [-0.3, -0.25) is 4.79 Å². The molecule has 1 unspecified atom stereocenters. The molecule has 1 N–H and O–H groups in total. The van der Waals surface area contributed by atoms with E-state index in [-0.39, 0.29) is 18.9 Å². The van der Waals surface area contributed by atoms with Gasteiger partial charge in [0, 0.05) is 0 Å². The normalized spacial score (nSPS) is 12.5. The van der Waals surface area contributed by atoms with Gasteiger partial charge in [-0.25, -0.2) is 0 Å². The lowest BCUT2D eigenvalue weighted by Crippen LogP contribution is -2.28. The quantitative estimate of drug-likeness (QED) is 0.851. The van der Waals surface area contributed by atoms with Crippen LogP contribution in [0.3, 0.4) is 0 Å². The van der Waals surface area contributed by atoms with E-state index < -0.39 is 17.8 Å². The highest BCUT2D eigenvalue weighted by Crippen LogP contribution is 2.30. The fourth-order valence-electron chi connectivity index (χ4n) is 2.16. The maximum atomic E-state index is 12.7. The van der Waals surface area contributed by atoms with E-state index in [0.717, 1.165) is 12.1 Å². The largest absolute Gasteiger partial charge is 0.493 e. The summed E-state index contributed by atoms with van der Waals surface area (Å²) in [6.45, 7) is 1.84. The summed E-state index contributed by atoms with van der Waals surface area (Å²) in [6, 6.07) is 13.5. The lowest BCUT2D eigenvalue weighted by molar-refractivity contribution is -0.137. The van der Waals surface area contributed by atoms with E-state index >= 15 is 0 Å². The molecule has 128 valence electrons. The first-order valence-electron chi connectivity index (χ1n) is 7.50. The SMILES string of the molecule is CC(NC(=O)CCOc1ccccc1)c1cccc(C(F)(F)F)c1. The fourth-order valence-corrected chi connectivity index (χ4v) is 2.16. The lowest BCUT2D eigenvalue weighted by Gasteiger charge is -2.16. The number of halogens is 3. The zero-order valence-corrected chi connectivity index (χ0v) is 13.1. The highest BCUT2D eigenvalue weighted by Gasteiger charge is 2.30. The molecule has 2 aromatic carbocycles. The Hall–Kier alpha value is -2.50. The average Bonchev–Trinajstić information content (AvgIpc) is 2.55. The lowest BCUT2D eigenvalue weighted by atomic mass is 10.0. The van der Waals surface area contributed by atoms with Gasteiger partial charge >= 0.3 is 6.18 Å². The van der Waals surface area contributed by atoms with Crippen LogP contribution in [-0.4, -0.2) is 12.5 Å². The molecule has 0 aliphatic carbocycles. The van der Waals surface area contributed by atoms with Gasteiger partial charge in [0.25, 0.3) is 0 Å². The number of benzene rings is 2. The van der Waals surface area contributed by atoms with Crippen molar-refractivity contribution < 1.29 is 22.7 Å². The highest BCUT2D eigenvalue weighted by molar-refractivity contribution is 5.76. The number of nitrogens with one attached hydrogen (secondary N) is 1. The molecule has 0 aliphatic rings. The minimum atomic E-state index is -4.40. The van der Waals surface area contributed by atoms with E-state index in [1.165, 1.54) is 6.07 Å². The Bertz CT molecular complexity index is 671. The summed E-state index contributed by atoms with van der Waals surface area (Å²) < 4.78 is 43.6. The second-order valence-corrected chi connectivity index (χ2v) is 5.32. The Kier molecular flexibility index (Phi) is 5.84. The molecule has 1 atom stereocenters. The van der Waals surface area contributed by atoms with Crippen LogP contribution in [0.2, 0.25) is 0 Å². The van der Waals surface area contributed by atoms with Crippen LogP contribution in [0.15, 0.2) is 54.6 Å². The van der Waals surface area contributed by atoms with Crippen LogP contribution in [0.25, 0.3) is 0 Å². The molecule has 0 bridgehead atoms. The van der Waals surface area contributed by atoms with E-state index in [4.69, 9.17) is 4.74 Å². The van der Waals surface area contributed by atoms with Crippen molar-refractivity contribution >= 4 is 5.91 Å². The third-order valence-corrected chi connectivity index (χ3v) is 3.43. The Balaban J connectivity index is 1.85. The second kappa shape index (κ2) is 7.86. The van der Waals surface area contributed by atoms with Gasteiger partial charge in [-0.15, -0.1) is 0 Å². The van der Waals surface area contributed by atoms with Crippen molar-refractivity contribution in [1.82, 2.24) is 5.32 Å². The molecular weight excluding hydrogens is 319 g/mol. The van der Waals surface area contributed by atoms with Gasteiger partial charge in [0.1, 0.15) is 5.75 Å². The van der Waals surface area contributed by atoms with Crippen LogP contribution in [0, 0.1) is 0 Å². The van der Waals surface area contributed by atoms with Crippen molar-refractivity contribution in [2.75, 3.05) is 6.61 Å². The van der Waals surface area contributed by atoms with E-state index in [2.05, 4.69) is 5.32 Å². The van der Waals surface area contributed by atoms with Crippen LogP contribution in [0.4, 0.5) is 13.2 Å². The number of hydrogen-bond donors (Lipinski definition) is 1. The summed E-state index contributed by atoms with van der Waals surface area (Å²) in [5, 5.41) is 2.67. The molecule has 0 heterocycles. The van der Waals surface area contributed by atoms with Crippen LogP contribution >= 0.6 is 0 Å². The van der Waals surface area contributed by atoms with Crippen molar-refractivity contribution in [3.63, 3.8) is 0 Å². The average molecular weight is 337 g/mol. The van der Waals surface area contributed by atoms with Gasteiger partial charge < -0.3 is 10.1 Å². The van der Waals surface area contributed by atoms with Gasteiger partial charge in [0.2, 0.25) is 5.91 Å². The van der Waals surface area contributed by atoms with Gasteiger partial charge in [-0.05, 0) is 36.8 Å². The fraction of sp³-hybridized carbons (Fsp3) is 0.278. The molecule has 0 aliphatic heterocycles. The van der Waals surface area contributed by atoms with E-state index in [1.54, 1.807) is 25.1 Å². The van der Waals surface area contributed by atoms with Gasteiger partial charge in [0.05, 0.1) is 24.6 Å². The minimum absolute atomic E-state index is 0.123. The van der Waals surface area contributed by atoms with E-state index in [1.807, 2.05) is 18.2 Å². The maximum absolute atomic E-state index is 12.7. The zero-order valence-electron chi connectivity index (χ0n) is 13.1. The number of rotatable bonds is 6. The maximum Gasteiger partial charge on any atom is 0.416 e. The van der Waals surface area contributed by atoms with Crippen molar-refractivity contribution in [2.24, 2.45) is 0 Å². The molecule has 1 amide bonds. The van der Waals surface area contributed by atoms with Crippen molar-refractivity contribution in [2.45, 2.75) is 25.6 Å². The predicted molar refractivity (Wildman–Crippen MR) is 84.6 cm³/mol. The first kappa shape index (κ1) is 17.8. The van der Waals surface area contributed by atoms with Crippen molar-refractivity contribution in [1.29, 1.82) is 0 Å². The molecule has 0 spiro atoms. The van der Waals surface area contributed by atoms with Crippen LogP contribution < -0.4 is 10.1 Å². The molecule has 3 nitrogen and oxygen atoms in total. The van der Waals surface area contributed by atoms with Gasteiger partial charge in [-0.2, -0.15) is 13.2 Å². The van der Waals surface area contributed by atoms with Gasteiger partial charge in [-0.1, -0.05) is 30.3 Å². The summed E-state index contributed by atoms with van der Waals surface area (Å²) in [7, 11) is 0. The minimum Gasteiger partial charge on any atom is -0.493 e. The third kappa shape index (κ3) is 5.30. The molecule has 2 aromatic rings. The predicted octanol–water partition coefficient (Wildman–Crippen LogP) is 4.35. The standard InChI is InChI=1S/C18H18F3NO2/c1-13(14-6-5-7-15(12-14)18(19,20)21)22-17(23)10-11-24-16-8-3-2-4-9-16/h2-9,12-13H,10-11H2,1H3,(H,22,23). The number of alkyl halides is 3. The Labute approximate surface area is 138 Å².